The third-order valence-electron chi connectivity index (χ3n) is 4.55. The van der Waals surface area contributed by atoms with Crippen molar-refractivity contribution in [2.75, 3.05) is 6.61 Å². The summed E-state index contributed by atoms with van der Waals surface area (Å²) in [4.78, 5) is 24.9. The Balaban J connectivity index is 1.47. The van der Waals surface area contributed by atoms with Crippen LogP contribution < -0.4 is 19.6 Å². The summed E-state index contributed by atoms with van der Waals surface area (Å²) in [5, 5.41) is 0.306. The maximum absolute atomic E-state index is 12.8. The van der Waals surface area contributed by atoms with Gasteiger partial charge in [0.15, 0.2) is 6.61 Å². The highest BCUT2D eigenvalue weighted by atomic mass is 79.9. The van der Waals surface area contributed by atoms with Gasteiger partial charge in [0.25, 0.3) is 0 Å². The van der Waals surface area contributed by atoms with Gasteiger partial charge in [0.05, 0.1) is 9.86 Å². The molecule has 162 valence electrons. The lowest BCUT2D eigenvalue weighted by atomic mass is 10.1. The largest absolute Gasteiger partial charge is 0.482 e. The van der Waals surface area contributed by atoms with E-state index in [-0.39, 0.29) is 29.1 Å². The molecule has 32 heavy (non-hydrogen) atoms. The number of hydrogen-bond donors (Lipinski definition) is 0. The van der Waals surface area contributed by atoms with Crippen molar-refractivity contribution in [1.82, 2.24) is 0 Å². The first kappa shape index (κ1) is 21.6. The second-order valence-electron chi connectivity index (χ2n) is 7.21. The van der Waals surface area contributed by atoms with E-state index in [0.717, 1.165) is 11.1 Å². The normalized spacial score (nSPS) is 10.7. The van der Waals surface area contributed by atoms with Gasteiger partial charge < -0.3 is 18.6 Å². The predicted octanol–water partition coefficient (Wildman–Crippen LogP) is 5.95. The molecular formula is C25H19BrO6. The summed E-state index contributed by atoms with van der Waals surface area (Å²) in [6.45, 7) is 3.66. The molecule has 0 spiro atoms. The Morgan fingerprint density at radius 3 is 2.44 bits per heavy atom. The molecule has 1 aromatic heterocycles. The van der Waals surface area contributed by atoms with Gasteiger partial charge in [-0.3, -0.25) is 4.79 Å². The van der Waals surface area contributed by atoms with Crippen LogP contribution >= 0.6 is 15.9 Å². The van der Waals surface area contributed by atoms with E-state index in [1.807, 2.05) is 44.2 Å². The molecule has 0 fully saturated rings. The van der Waals surface area contributed by atoms with Crippen molar-refractivity contribution in [1.29, 1.82) is 0 Å². The number of benzene rings is 3. The number of para-hydroxylation sites is 1. The van der Waals surface area contributed by atoms with Gasteiger partial charge >= 0.3 is 5.97 Å². The van der Waals surface area contributed by atoms with Gasteiger partial charge in [-0.2, -0.15) is 0 Å². The Bertz CT molecular complexity index is 1340. The smallest absolute Gasteiger partial charge is 0.349 e. The van der Waals surface area contributed by atoms with Crippen LogP contribution in [0, 0.1) is 13.8 Å². The zero-order valence-electron chi connectivity index (χ0n) is 17.4. The third-order valence-corrected chi connectivity index (χ3v) is 5.21. The molecule has 0 atom stereocenters. The summed E-state index contributed by atoms with van der Waals surface area (Å²) in [5.41, 5.74) is 2.02. The predicted molar refractivity (Wildman–Crippen MR) is 124 cm³/mol. The van der Waals surface area contributed by atoms with Gasteiger partial charge in [0.1, 0.15) is 29.1 Å². The molecule has 0 saturated carbocycles. The van der Waals surface area contributed by atoms with E-state index in [0.29, 0.717) is 21.4 Å². The second-order valence-corrected chi connectivity index (χ2v) is 8.06. The van der Waals surface area contributed by atoms with E-state index < -0.39 is 5.97 Å². The van der Waals surface area contributed by atoms with Crippen LogP contribution in [-0.2, 0) is 4.79 Å². The van der Waals surface area contributed by atoms with E-state index in [1.54, 1.807) is 12.1 Å². The van der Waals surface area contributed by atoms with Crippen molar-refractivity contribution in [2.24, 2.45) is 0 Å². The fourth-order valence-electron chi connectivity index (χ4n) is 3.19. The van der Waals surface area contributed by atoms with Crippen LogP contribution in [0.2, 0.25) is 0 Å². The zero-order chi connectivity index (χ0) is 22.7. The van der Waals surface area contributed by atoms with E-state index in [9.17, 15) is 9.59 Å². The van der Waals surface area contributed by atoms with Gasteiger partial charge in [0.2, 0.25) is 11.2 Å². The van der Waals surface area contributed by atoms with Crippen LogP contribution in [0.1, 0.15) is 11.1 Å². The molecule has 0 bridgehead atoms. The van der Waals surface area contributed by atoms with Crippen molar-refractivity contribution in [3.8, 4) is 23.0 Å². The first-order chi connectivity index (χ1) is 15.4. The number of esters is 1. The van der Waals surface area contributed by atoms with Crippen molar-refractivity contribution in [3.63, 3.8) is 0 Å². The average molecular weight is 495 g/mol. The van der Waals surface area contributed by atoms with Gasteiger partial charge in [-0.1, -0.05) is 18.2 Å². The molecule has 1 heterocycles. The number of fused-ring (bicyclic) bond motifs is 1. The number of carbonyl (C=O) groups is 1. The Kier molecular flexibility index (Phi) is 6.28. The lowest BCUT2D eigenvalue weighted by Gasteiger charge is -2.09. The Morgan fingerprint density at radius 2 is 1.69 bits per heavy atom. The summed E-state index contributed by atoms with van der Waals surface area (Å²) in [6.07, 6.45) is 1.24. The average Bonchev–Trinajstić information content (AvgIpc) is 2.75. The van der Waals surface area contributed by atoms with Crippen LogP contribution in [0.25, 0.3) is 11.0 Å². The fraction of sp³-hybridized carbons (Fsp3) is 0.120. The standard InChI is InChI=1S/C25H19BrO6/c1-15-9-16(2)11-18(10-15)29-14-24(27)31-17-7-8-19-22(12-17)30-13-23(25(19)28)32-21-6-4-3-5-20(21)26/h3-13H,14H2,1-2H3. The molecule has 0 radical (unpaired) electrons. The van der Waals surface area contributed by atoms with Crippen molar-refractivity contribution < 1.29 is 23.4 Å². The minimum Gasteiger partial charge on any atom is -0.482 e. The van der Waals surface area contributed by atoms with Gasteiger partial charge in [-0.25, -0.2) is 4.79 Å². The summed E-state index contributed by atoms with van der Waals surface area (Å²) < 4.78 is 22.8. The molecular weight excluding hydrogens is 476 g/mol. The number of aryl methyl sites for hydroxylation is 2. The molecule has 0 unspecified atom stereocenters. The molecule has 4 rings (SSSR count). The van der Waals surface area contributed by atoms with Crippen LogP contribution in [0.4, 0.5) is 0 Å². The highest BCUT2D eigenvalue weighted by Gasteiger charge is 2.13. The monoisotopic (exact) mass is 494 g/mol. The molecule has 0 aliphatic carbocycles. The maximum atomic E-state index is 12.8. The molecule has 7 heteroatoms. The Morgan fingerprint density at radius 1 is 0.938 bits per heavy atom. The highest BCUT2D eigenvalue weighted by Crippen LogP contribution is 2.29. The molecule has 0 aliphatic rings. The SMILES string of the molecule is Cc1cc(C)cc(OCC(=O)Oc2ccc3c(=O)c(Oc4ccccc4Br)coc3c2)c1. The van der Waals surface area contributed by atoms with E-state index in [4.69, 9.17) is 18.6 Å². The second kappa shape index (κ2) is 9.28. The summed E-state index contributed by atoms with van der Waals surface area (Å²) in [7, 11) is 0. The van der Waals surface area contributed by atoms with Crippen LogP contribution in [0.15, 0.2) is 80.6 Å². The highest BCUT2D eigenvalue weighted by molar-refractivity contribution is 9.10. The summed E-state index contributed by atoms with van der Waals surface area (Å²) in [5.74, 6) is 0.819. The first-order valence-corrected chi connectivity index (χ1v) is 10.6. The minimum atomic E-state index is -0.570. The zero-order valence-corrected chi connectivity index (χ0v) is 19.0. The Labute approximate surface area is 192 Å². The Hall–Kier alpha value is -3.58. The molecule has 3 aromatic carbocycles. The maximum Gasteiger partial charge on any atom is 0.349 e. The van der Waals surface area contributed by atoms with Crippen LogP contribution in [-0.4, -0.2) is 12.6 Å². The number of halogens is 1. The number of hydrogen-bond acceptors (Lipinski definition) is 6. The number of carbonyl (C=O) groups excluding carboxylic acids is 1. The quantitative estimate of drug-likeness (QED) is 0.243. The fourth-order valence-corrected chi connectivity index (χ4v) is 3.56. The van der Waals surface area contributed by atoms with Gasteiger partial charge in [-0.15, -0.1) is 0 Å². The van der Waals surface area contributed by atoms with Gasteiger partial charge in [0, 0.05) is 6.07 Å². The lowest BCUT2D eigenvalue weighted by Crippen LogP contribution is -2.17. The lowest BCUT2D eigenvalue weighted by molar-refractivity contribution is -0.136. The van der Waals surface area contributed by atoms with E-state index >= 15 is 0 Å². The summed E-state index contributed by atoms with van der Waals surface area (Å²) >= 11 is 3.38. The molecule has 0 amide bonds. The summed E-state index contributed by atoms with van der Waals surface area (Å²) in [6, 6.07) is 17.4. The van der Waals surface area contributed by atoms with Crippen molar-refractivity contribution in [2.45, 2.75) is 13.8 Å². The third kappa shape index (κ3) is 5.00. The topological polar surface area (TPSA) is 75.0 Å². The first-order valence-electron chi connectivity index (χ1n) is 9.79. The number of rotatable bonds is 6. The molecule has 0 N–H and O–H groups in total. The minimum absolute atomic E-state index is 0.0518. The number of ether oxygens (including phenoxy) is 3. The van der Waals surface area contributed by atoms with Crippen LogP contribution in [0.5, 0.6) is 23.0 Å². The van der Waals surface area contributed by atoms with Crippen molar-refractivity contribution >= 4 is 32.9 Å². The molecule has 0 saturated heterocycles. The van der Waals surface area contributed by atoms with E-state index in [2.05, 4.69) is 15.9 Å². The van der Waals surface area contributed by atoms with Gasteiger partial charge in [-0.05, 0) is 77.3 Å². The molecule has 6 nitrogen and oxygen atoms in total. The molecule has 0 aliphatic heterocycles. The van der Waals surface area contributed by atoms with Crippen LogP contribution in [0.3, 0.4) is 0 Å². The van der Waals surface area contributed by atoms with Crippen molar-refractivity contribution in [3.05, 3.63) is 92.7 Å². The molecule has 4 aromatic rings. The van der Waals surface area contributed by atoms with E-state index in [1.165, 1.54) is 24.5 Å².